The van der Waals surface area contributed by atoms with Crippen LogP contribution in [0.3, 0.4) is 0 Å². The summed E-state index contributed by atoms with van der Waals surface area (Å²) in [6.45, 7) is 12.7. The fourth-order valence-corrected chi connectivity index (χ4v) is 8.25. The maximum atomic E-state index is 14.5. The van der Waals surface area contributed by atoms with Gasteiger partial charge in [-0.05, 0) is 49.7 Å². The second kappa shape index (κ2) is 23.4. The molecular formula is C44H68N6O8. The number of esters is 1. The molecule has 0 unspecified atom stereocenters. The van der Waals surface area contributed by atoms with Gasteiger partial charge < -0.3 is 35.1 Å². The Morgan fingerprint density at radius 1 is 0.983 bits per heavy atom. The van der Waals surface area contributed by atoms with Crippen molar-refractivity contribution in [3.05, 3.63) is 59.2 Å². The van der Waals surface area contributed by atoms with Crippen LogP contribution < -0.4 is 11.1 Å². The summed E-state index contributed by atoms with van der Waals surface area (Å²) in [6.07, 6.45) is 1.53. The third-order valence-corrected chi connectivity index (χ3v) is 11.7. The zero-order chi connectivity index (χ0) is 43.1. The molecule has 1 saturated heterocycles. The number of hydrogen-bond acceptors (Lipinski definition) is 11. The van der Waals surface area contributed by atoms with E-state index in [0.29, 0.717) is 44.0 Å². The van der Waals surface area contributed by atoms with Crippen molar-refractivity contribution in [3.63, 3.8) is 0 Å². The molecular weight excluding hydrogens is 741 g/mol. The normalized spacial score (nSPS) is 17.8. The second-order valence-electron chi connectivity index (χ2n) is 16.1. The highest BCUT2D eigenvalue weighted by Crippen LogP contribution is 2.31. The van der Waals surface area contributed by atoms with E-state index in [9.17, 15) is 24.0 Å². The lowest BCUT2D eigenvalue weighted by atomic mass is 9.85. The minimum Gasteiger partial charge on any atom is -0.469 e. The Hall–Kier alpha value is -4.27. The quantitative estimate of drug-likeness (QED) is 0.154. The number of likely N-dealkylation sites (tertiary alicyclic amines) is 1. The molecule has 0 saturated carbocycles. The minimum atomic E-state index is -0.647. The molecule has 58 heavy (non-hydrogen) atoms. The van der Waals surface area contributed by atoms with Gasteiger partial charge in [-0.15, -0.1) is 0 Å². The number of methoxy groups -OCH3 is 3. The Labute approximate surface area is 345 Å². The summed E-state index contributed by atoms with van der Waals surface area (Å²) in [6, 6.07) is 10.3. The smallest absolute Gasteiger partial charge is 0.309 e. The Morgan fingerprint density at radius 3 is 2.26 bits per heavy atom. The molecule has 14 heteroatoms. The van der Waals surface area contributed by atoms with Crippen molar-refractivity contribution in [1.82, 2.24) is 25.1 Å². The molecule has 1 aromatic heterocycles. The van der Waals surface area contributed by atoms with Crippen LogP contribution in [0.1, 0.15) is 94.3 Å². The number of hydrogen-bond donors (Lipinski definition) is 2. The number of amides is 3. The third kappa shape index (κ3) is 12.9. The molecule has 2 heterocycles. The predicted octanol–water partition coefficient (Wildman–Crippen LogP) is 4.20. The Balaban J connectivity index is 1.80. The van der Waals surface area contributed by atoms with Crippen LogP contribution >= 0.6 is 0 Å². The number of Topliss-reactive ketones (excluding diaryl/α,β-unsaturated/α-hetero) is 1. The molecule has 8 atom stereocenters. The number of aryl methyl sites for hydroxylation is 1. The summed E-state index contributed by atoms with van der Waals surface area (Å²) in [4.78, 5) is 80.7. The zero-order valence-corrected chi connectivity index (χ0v) is 36.4. The van der Waals surface area contributed by atoms with E-state index in [1.165, 1.54) is 7.11 Å². The topological polar surface area (TPSA) is 183 Å². The number of carbonyl (C=O) groups is 5. The fourth-order valence-electron chi connectivity index (χ4n) is 8.25. The summed E-state index contributed by atoms with van der Waals surface area (Å²) in [5.41, 5.74) is 7.33. The lowest BCUT2D eigenvalue weighted by Gasteiger charge is -2.40. The average Bonchev–Trinajstić information content (AvgIpc) is 3.70. The van der Waals surface area contributed by atoms with Crippen LogP contribution in [-0.4, -0.2) is 122 Å². The number of ether oxygens (including phenoxy) is 3. The van der Waals surface area contributed by atoms with E-state index in [0.717, 1.165) is 18.4 Å². The van der Waals surface area contributed by atoms with Gasteiger partial charge in [-0.1, -0.05) is 71.4 Å². The summed E-state index contributed by atoms with van der Waals surface area (Å²) < 4.78 is 17.1. The van der Waals surface area contributed by atoms with Gasteiger partial charge >= 0.3 is 5.97 Å². The lowest BCUT2D eigenvalue weighted by Crippen LogP contribution is -2.54. The van der Waals surface area contributed by atoms with Gasteiger partial charge in [0.15, 0.2) is 0 Å². The van der Waals surface area contributed by atoms with Gasteiger partial charge in [-0.2, -0.15) is 0 Å². The van der Waals surface area contributed by atoms with Crippen LogP contribution in [0.4, 0.5) is 0 Å². The van der Waals surface area contributed by atoms with Crippen molar-refractivity contribution in [2.45, 2.75) is 111 Å². The molecule has 1 fully saturated rings. The Kier molecular flexibility index (Phi) is 19.4. The molecule has 2 aromatic rings. The zero-order valence-electron chi connectivity index (χ0n) is 36.4. The number of nitrogens with one attached hydrogen (secondary N) is 1. The average molecular weight is 809 g/mol. The molecule has 3 rings (SSSR count). The molecule has 0 bridgehead atoms. The molecule has 1 aliphatic rings. The third-order valence-electron chi connectivity index (χ3n) is 11.7. The van der Waals surface area contributed by atoms with Gasteiger partial charge in [0.1, 0.15) is 17.3 Å². The number of ketones is 1. The first-order valence-corrected chi connectivity index (χ1v) is 20.7. The van der Waals surface area contributed by atoms with Crippen molar-refractivity contribution >= 4 is 29.5 Å². The van der Waals surface area contributed by atoms with Crippen molar-refractivity contribution in [2.75, 3.05) is 48.0 Å². The molecule has 1 aliphatic heterocycles. The summed E-state index contributed by atoms with van der Waals surface area (Å²) in [5, 5.41) is 2.74. The summed E-state index contributed by atoms with van der Waals surface area (Å²) in [5.74, 6) is -2.66. The first-order valence-electron chi connectivity index (χ1n) is 20.7. The standard InChI is InChI=1S/C44H68N6O8/c1-11-28(4)40(49(7)43(54)33(27(2)3)25-38-47-29(5)22-34(48-38)42(53)46-20-19-45)37(56-8)26-39(52)50-21-15-18-35(50)41(57-9)30(6)36(51)24-32(44(55)58-10)23-31-16-13-12-14-17-31/h12-14,16-17,22,27-28,30,32-33,35,37,40-41H,11,15,18-21,23-26,45H2,1-10H3,(H,46,53)/t28-,30-,32+,33-,35-,37+,40-,41+/m0/s1. The lowest BCUT2D eigenvalue weighted by molar-refractivity contribution is -0.149. The molecule has 0 radical (unpaired) electrons. The molecule has 3 amide bonds. The number of nitrogens with zero attached hydrogens (tertiary/aromatic N) is 4. The van der Waals surface area contributed by atoms with E-state index in [2.05, 4.69) is 22.2 Å². The first kappa shape index (κ1) is 48.1. The van der Waals surface area contributed by atoms with Crippen molar-refractivity contribution in [1.29, 1.82) is 0 Å². The van der Waals surface area contributed by atoms with E-state index in [1.807, 2.05) is 51.1 Å². The first-order chi connectivity index (χ1) is 27.6. The van der Waals surface area contributed by atoms with E-state index >= 15 is 0 Å². The number of likely N-dealkylation sites (N-methyl/N-ethyl adjacent to an activating group) is 1. The fraction of sp³-hybridized carbons (Fsp3) is 0.659. The van der Waals surface area contributed by atoms with Crippen molar-refractivity contribution in [3.8, 4) is 0 Å². The van der Waals surface area contributed by atoms with Crippen molar-refractivity contribution < 1.29 is 38.2 Å². The van der Waals surface area contributed by atoms with E-state index in [1.54, 1.807) is 51.0 Å². The number of carbonyl (C=O) groups excluding carboxylic acids is 5. The van der Waals surface area contributed by atoms with Crippen molar-refractivity contribution in [2.24, 2.45) is 35.3 Å². The highest BCUT2D eigenvalue weighted by atomic mass is 16.5. The van der Waals surface area contributed by atoms with Gasteiger partial charge in [0.2, 0.25) is 11.8 Å². The van der Waals surface area contributed by atoms with Gasteiger partial charge in [-0.3, -0.25) is 24.0 Å². The Morgan fingerprint density at radius 2 is 1.67 bits per heavy atom. The highest BCUT2D eigenvalue weighted by molar-refractivity contribution is 5.92. The predicted molar refractivity (Wildman–Crippen MR) is 222 cm³/mol. The minimum absolute atomic E-state index is 0.00930. The number of nitrogens with two attached hydrogens (primary N) is 1. The van der Waals surface area contributed by atoms with Crippen LogP contribution in [0, 0.1) is 36.5 Å². The van der Waals surface area contributed by atoms with Crippen LogP contribution in [0.25, 0.3) is 0 Å². The SMILES string of the molecule is CC[C@H](C)[C@@H]([C@@H](CC(=O)N1CCC[C@H]1[C@H](OC)[C@@H](C)C(=O)C[C@@H](Cc1ccccc1)C(=O)OC)OC)N(C)C(=O)[C@@H](Cc1nc(C)cc(C(=O)NCCN)n1)C(C)C. The summed E-state index contributed by atoms with van der Waals surface area (Å²) in [7, 11) is 6.21. The largest absolute Gasteiger partial charge is 0.469 e. The Bertz CT molecular complexity index is 1660. The van der Waals surface area contributed by atoms with Gasteiger partial charge in [-0.25, -0.2) is 9.97 Å². The van der Waals surface area contributed by atoms with Crippen LogP contribution in [0.15, 0.2) is 36.4 Å². The summed E-state index contributed by atoms with van der Waals surface area (Å²) >= 11 is 0. The van der Waals surface area contributed by atoms with Gasteiger partial charge in [0, 0.05) is 71.3 Å². The monoisotopic (exact) mass is 809 g/mol. The molecule has 14 nitrogen and oxygen atoms in total. The van der Waals surface area contributed by atoms with Crippen LogP contribution in [0.2, 0.25) is 0 Å². The molecule has 1 aromatic carbocycles. The van der Waals surface area contributed by atoms with Gasteiger partial charge in [0.05, 0.1) is 43.7 Å². The maximum absolute atomic E-state index is 14.5. The molecule has 3 N–H and O–H groups in total. The number of benzene rings is 1. The van der Waals surface area contributed by atoms with Crippen LogP contribution in [-0.2, 0) is 46.2 Å². The molecule has 0 aliphatic carbocycles. The maximum Gasteiger partial charge on any atom is 0.309 e. The number of rotatable bonds is 23. The number of aromatic nitrogens is 2. The highest BCUT2D eigenvalue weighted by Gasteiger charge is 2.43. The van der Waals surface area contributed by atoms with E-state index in [-0.39, 0.29) is 66.3 Å². The van der Waals surface area contributed by atoms with Gasteiger partial charge in [0.25, 0.3) is 5.91 Å². The van der Waals surface area contributed by atoms with E-state index < -0.39 is 42.0 Å². The molecule has 0 spiro atoms. The molecule has 322 valence electrons. The van der Waals surface area contributed by atoms with E-state index in [4.69, 9.17) is 19.9 Å². The second-order valence-corrected chi connectivity index (χ2v) is 16.1. The van der Waals surface area contributed by atoms with Crippen LogP contribution in [0.5, 0.6) is 0 Å².